The Balaban J connectivity index is 2.34. The third-order valence-corrected chi connectivity index (χ3v) is 3.48. The second kappa shape index (κ2) is 7.13. The van der Waals surface area contributed by atoms with E-state index in [0.717, 1.165) is 11.1 Å². The van der Waals surface area contributed by atoms with Crippen molar-refractivity contribution in [1.82, 2.24) is 0 Å². The summed E-state index contributed by atoms with van der Waals surface area (Å²) in [5.41, 5.74) is 1.93. The molecule has 2 aromatic carbocycles. The average molecular weight is 303 g/mol. The van der Waals surface area contributed by atoms with Gasteiger partial charge in [-0.3, -0.25) is 10.1 Å². The number of nitro benzene ring substituents is 1. The zero-order valence-corrected chi connectivity index (χ0v) is 12.8. The van der Waals surface area contributed by atoms with Gasteiger partial charge in [0.1, 0.15) is 0 Å². The zero-order valence-electron chi connectivity index (χ0n) is 12.0. The van der Waals surface area contributed by atoms with Crippen LogP contribution < -0.4 is 4.18 Å². The first-order valence-electron chi connectivity index (χ1n) is 6.71. The third-order valence-electron chi connectivity index (χ3n) is 2.83. The summed E-state index contributed by atoms with van der Waals surface area (Å²) in [6, 6.07) is 14.9. The maximum absolute atomic E-state index is 11.2. The molecule has 2 rings (SSSR count). The van der Waals surface area contributed by atoms with Crippen LogP contribution in [0.15, 0.2) is 48.5 Å². The van der Waals surface area contributed by atoms with Gasteiger partial charge in [0, 0.05) is 23.3 Å². The van der Waals surface area contributed by atoms with E-state index in [1.807, 2.05) is 50.2 Å². The summed E-state index contributed by atoms with van der Waals surface area (Å²) >= 11 is 1.24. The van der Waals surface area contributed by atoms with Gasteiger partial charge in [-0.2, -0.15) is 0 Å². The molecule has 0 spiro atoms. The first kappa shape index (κ1) is 15.4. The number of nitrogens with zero attached hydrogens (tertiary/aromatic N) is 1. The fourth-order valence-corrected chi connectivity index (χ4v) is 2.39. The van der Waals surface area contributed by atoms with Crippen molar-refractivity contribution < 1.29 is 9.11 Å². The minimum absolute atomic E-state index is 0.0107. The van der Waals surface area contributed by atoms with Crippen LogP contribution in [0.5, 0.6) is 5.75 Å². The lowest BCUT2D eigenvalue weighted by Crippen LogP contribution is -2.00. The summed E-state index contributed by atoms with van der Waals surface area (Å²) in [5, 5.41) is 11.4. The summed E-state index contributed by atoms with van der Waals surface area (Å²) in [7, 11) is 0. The van der Waals surface area contributed by atoms with Crippen molar-refractivity contribution in [2.45, 2.75) is 25.5 Å². The quantitative estimate of drug-likeness (QED) is 0.444. The molecule has 21 heavy (non-hydrogen) atoms. The molecule has 0 fully saturated rings. The van der Waals surface area contributed by atoms with Crippen LogP contribution >= 0.6 is 12.0 Å². The van der Waals surface area contributed by atoms with Gasteiger partial charge in [-0.15, -0.1) is 0 Å². The van der Waals surface area contributed by atoms with E-state index in [4.69, 9.17) is 4.18 Å². The fourth-order valence-electron chi connectivity index (χ4n) is 1.91. The van der Waals surface area contributed by atoms with E-state index in [2.05, 4.69) is 0 Å². The summed E-state index contributed by atoms with van der Waals surface area (Å²) in [6.45, 7) is 3.96. The van der Waals surface area contributed by atoms with Gasteiger partial charge in [0.05, 0.1) is 17.0 Å². The highest BCUT2D eigenvalue weighted by molar-refractivity contribution is 7.95. The van der Waals surface area contributed by atoms with Gasteiger partial charge in [0.25, 0.3) is 0 Å². The highest BCUT2D eigenvalue weighted by Gasteiger charge is 2.20. The molecular weight excluding hydrogens is 286 g/mol. The summed E-state index contributed by atoms with van der Waals surface area (Å²) in [4.78, 5) is 10.8. The molecule has 0 unspecified atom stereocenters. The van der Waals surface area contributed by atoms with Crippen molar-refractivity contribution in [3.8, 4) is 5.75 Å². The van der Waals surface area contributed by atoms with Gasteiger partial charge >= 0.3 is 5.69 Å². The lowest BCUT2D eigenvalue weighted by molar-refractivity contribution is -0.385. The molecule has 4 nitrogen and oxygen atoms in total. The molecule has 0 N–H and O–H groups in total. The summed E-state index contributed by atoms with van der Waals surface area (Å²) in [5.74, 6) is 0.352. The molecule has 0 aliphatic rings. The normalized spacial score (nSPS) is 10.6. The van der Waals surface area contributed by atoms with Crippen molar-refractivity contribution >= 4 is 17.7 Å². The Labute approximate surface area is 128 Å². The standard InChI is InChI=1S/C16H17NO3S/c1-12(2)21-20-16-14(9-6-10-15(16)17(18)19)11-13-7-4-3-5-8-13/h3-10,12H,11H2,1-2H3. The van der Waals surface area contributed by atoms with Crippen LogP contribution in [0.4, 0.5) is 5.69 Å². The molecule has 0 aromatic heterocycles. The molecule has 0 radical (unpaired) electrons. The number of para-hydroxylation sites is 1. The molecule has 0 saturated carbocycles. The monoisotopic (exact) mass is 303 g/mol. The predicted molar refractivity (Wildman–Crippen MR) is 85.7 cm³/mol. The molecular formula is C16H17NO3S. The Morgan fingerprint density at radius 3 is 2.48 bits per heavy atom. The molecule has 0 saturated heterocycles. The molecule has 0 aliphatic carbocycles. The Morgan fingerprint density at radius 1 is 1.14 bits per heavy atom. The summed E-state index contributed by atoms with van der Waals surface area (Å²) < 4.78 is 5.64. The third kappa shape index (κ3) is 4.23. The highest BCUT2D eigenvalue weighted by atomic mass is 32.2. The average Bonchev–Trinajstić information content (AvgIpc) is 2.46. The molecule has 0 amide bonds. The number of hydrogen-bond acceptors (Lipinski definition) is 4. The second-order valence-electron chi connectivity index (χ2n) is 4.91. The zero-order chi connectivity index (χ0) is 15.2. The number of benzene rings is 2. The molecule has 0 bridgehead atoms. The van der Waals surface area contributed by atoms with E-state index in [0.29, 0.717) is 12.2 Å². The van der Waals surface area contributed by atoms with Gasteiger partial charge in [0.15, 0.2) is 0 Å². The van der Waals surface area contributed by atoms with Crippen LogP contribution in [-0.2, 0) is 6.42 Å². The van der Waals surface area contributed by atoms with E-state index in [9.17, 15) is 10.1 Å². The largest absolute Gasteiger partial charge is 0.418 e. The molecule has 0 atom stereocenters. The van der Waals surface area contributed by atoms with Crippen LogP contribution in [0.1, 0.15) is 25.0 Å². The van der Waals surface area contributed by atoms with Crippen LogP contribution in [-0.4, -0.2) is 10.2 Å². The first-order valence-corrected chi connectivity index (χ1v) is 7.52. The van der Waals surface area contributed by atoms with Crippen molar-refractivity contribution in [2.75, 3.05) is 0 Å². The van der Waals surface area contributed by atoms with Crippen molar-refractivity contribution in [3.05, 3.63) is 69.8 Å². The van der Waals surface area contributed by atoms with Crippen molar-refractivity contribution in [1.29, 1.82) is 0 Å². The smallest absolute Gasteiger partial charge is 0.312 e. The van der Waals surface area contributed by atoms with Gasteiger partial charge in [-0.05, 0) is 5.56 Å². The lowest BCUT2D eigenvalue weighted by atomic mass is 10.0. The van der Waals surface area contributed by atoms with Gasteiger partial charge in [-0.25, -0.2) is 0 Å². The molecule has 0 aliphatic heterocycles. The molecule has 2 aromatic rings. The topological polar surface area (TPSA) is 52.4 Å². The Kier molecular flexibility index (Phi) is 5.22. The van der Waals surface area contributed by atoms with E-state index in [1.165, 1.54) is 18.1 Å². The second-order valence-corrected chi connectivity index (χ2v) is 6.22. The maximum atomic E-state index is 11.2. The highest BCUT2D eigenvalue weighted by Crippen LogP contribution is 2.35. The van der Waals surface area contributed by atoms with E-state index in [-0.39, 0.29) is 10.9 Å². The Morgan fingerprint density at radius 2 is 1.86 bits per heavy atom. The Bertz CT molecular complexity index is 614. The maximum Gasteiger partial charge on any atom is 0.312 e. The number of rotatable bonds is 6. The van der Waals surface area contributed by atoms with Gasteiger partial charge in [-0.1, -0.05) is 56.3 Å². The number of nitro groups is 1. The first-order chi connectivity index (χ1) is 10.1. The SMILES string of the molecule is CC(C)SOc1c(Cc2ccccc2)cccc1[N+](=O)[O-]. The van der Waals surface area contributed by atoms with Crippen LogP contribution in [0, 0.1) is 10.1 Å². The molecule has 0 heterocycles. The van der Waals surface area contributed by atoms with E-state index < -0.39 is 4.92 Å². The molecule has 110 valence electrons. The predicted octanol–water partition coefficient (Wildman–Crippen LogP) is 4.62. The Hall–Kier alpha value is -2.01. The van der Waals surface area contributed by atoms with Gasteiger partial charge < -0.3 is 4.18 Å². The fraction of sp³-hybridized carbons (Fsp3) is 0.250. The van der Waals surface area contributed by atoms with E-state index in [1.54, 1.807) is 6.07 Å². The van der Waals surface area contributed by atoms with E-state index >= 15 is 0 Å². The van der Waals surface area contributed by atoms with Crippen LogP contribution in [0.3, 0.4) is 0 Å². The summed E-state index contributed by atoms with van der Waals surface area (Å²) in [6.07, 6.45) is 0.608. The van der Waals surface area contributed by atoms with Crippen LogP contribution in [0.2, 0.25) is 0 Å². The van der Waals surface area contributed by atoms with Gasteiger partial charge in [0.2, 0.25) is 5.75 Å². The van der Waals surface area contributed by atoms with Crippen molar-refractivity contribution in [3.63, 3.8) is 0 Å². The number of hydrogen-bond donors (Lipinski definition) is 0. The molecule has 5 heteroatoms. The minimum atomic E-state index is -0.398. The van der Waals surface area contributed by atoms with Crippen molar-refractivity contribution in [2.24, 2.45) is 0 Å². The van der Waals surface area contributed by atoms with Crippen LogP contribution in [0.25, 0.3) is 0 Å². The lowest BCUT2D eigenvalue weighted by Gasteiger charge is -2.11. The minimum Gasteiger partial charge on any atom is -0.418 e.